The zero-order valence-electron chi connectivity index (χ0n) is 9.49. The number of nitrogens with two attached hydrogens (primary N) is 1. The molecular weight excluding hydrogens is 226 g/mol. The van der Waals surface area contributed by atoms with Crippen molar-refractivity contribution in [1.82, 2.24) is 10.6 Å². The maximum atomic E-state index is 11.7. The molecule has 2 amide bonds. The summed E-state index contributed by atoms with van der Waals surface area (Å²) in [5.74, 6) is 0.389. The molecule has 5 nitrogen and oxygen atoms in total. The van der Waals surface area contributed by atoms with Crippen LogP contribution in [0.3, 0.4) is 0 Å². The summed E-state index contributed by atoms with van der Waals surface area (Å²) in [6.07, 6.45) is 3.03. The van der Waals surface area contributed by atoms with Crippen LogP contribution in [0.5, 0.6) is 0 Å². The molecule has 0 saturated carbocycles. The van der Waals surface area contributed by atoms with E-state index in [0.717, 1.165) is 31.0 Å². The van der Waals surface area contributed by atoms with E-state index in [1.165, 1.54) is 0 Å². The molecule has 0 radical (unpaired) electrons. The molecule has 0 spiro atoms. The summed E-state index contributed by atoms with van der Waals surface area (Å²) in [5.41, 5.74) is 5.58. The minimum atomic E-state index is -0.395. The Labute approximate surface area is 99.9 Å². The molecule has 1 saturated heterocycles. The molecule has 0 aromatic carbocycles. The van der Waals surface area contributed by atoms with Gasteiger partial charge >= 0.3 is 0 Å². The standard InChI is InChI=1S/C10H19N3O2S/c1-2-3-4-7(5-11)12-9(14)8-6-16-10(15)13-8/h7-8H,2-6,11H2,1H3,(H,12,14)(H,13,15). The van der Waals surface area contributed by atoms with E-state index in [1.54, 1.807) is 0 Å². The average Bonchev–Trinajstić information content (AvgIpc) is 2.70. The lowest BCUT2D eigenvalue weighted by Gasteiger charge is -2.18. The van der Waals surface area contributed by atoms with Crippen molar-refractivity contribution in [3.8, 4) is 0 Å². The van der Waals surface area contributed by atoms with E-state index in [9.17, 15) is 9.59 Å². The third-order valence-corrected chi connectivity index (χ3v) is 3.41. The molecule has 0 bridgehead atoms. The van der Waals surface area contributed by atoms with Crippen molar-refractivity contribution >= 4 is 22.9 Å². The fourth-order valence-electron chi connectivity index (χ4n) is 1.53. The highest BCUT2D eigenvalue weighted by Gasteiger charge is 2.28. The van der Waals surface area contributed by atoms with Crippen LogP contribution in [0.4, 0.5) is 4.79 Å². The Kier molecular flexibility index (Phi) is 5.62. The monoisotopic (exact) mass is 245 g/mol. The number of unbranched alkanes of at least 4 members (excludes halogenated alkanes) is 1. The maximum Gasteiger partial charge on any atom is 0.279 e. The second-order valence-corrected chi connectivity index (χ2v) is 4.87. The van der Waals surface area contributed by atoms with E-state index in [0.29, 0.717) is 12.3 Å². The highest BCUT2D eigenvalue weighted by Crippen LogP contribution is 2.13. The molecule has 6 heteroatoms. The molecule has 1 heterocycles. The molecule has 16 heavy (non-hydrogen) atoms. The van der Waals surface area contributed by atoms with Crippen molar-refractivity contribution in [2.75, 3.05) is 12.3 Å². The first-order valence-electron chi connectivity index (χ1n) is 5.61. The first kappa shape index (κ1) is 13.3. The average molecular weight is 245 g/mol. The van der Waals surface area contributed by atoms with Gasteiger partial charge in [0.25, 0.3) is 5.24 Å². The highest BCUT2D eigenvalue weighted by atomic mass is 32.2. The van der Waals surface area contributed by atoms with Crippen LogP contribution in [-0.4, -0.2) is 35.5 Å². The fourth-order valence-corrected chi connectivity index (χ4v) is 2.31. The van der Waals surface area contributed by atoms with Crippen molar-refractivity contribution in [3.05, 3.63) is 0 Å². The molecule has 0 aromatic rings. The van der Waals surface area contributed by atoms with Gasteiger partial charge in [0.1, 0.15) is 6.04 Å². The van der Waals surface area contributed by atoms with Gasteiger partial charge in [-0.3, -0.25) is 9.59 Å². The Morgan fingerprint density at radius 1 is 1.75 bits per heavy atom. The molecule has 0 aromatic heterocycles. The molecule has 92 valence electrons. The topological polar surface area (TPSA) is 84.2 Å². The normalized spacial score (nSPS) is 21.6. The summed E-state index contributed by atoms with van der Waals surface area (Å²) in [7, 11) is 0. The third kappa shape index (κ3) is 4.02. The molecule has 1 rings (SSSR count). The van der Waals surface area contributed by atoms with Crippen LogP contribution in [0.25, 0.3) is 0 Å². The van der Waals surface area contributed by atoms with Crippen molar-refractivity contribution in [2.45, 2.75) is 38.3 Å². The minimum Gasteiger partial charge on any atom is -0.350 e. The minimum absolute atomic E-state index is 0.0231. The summed E-state index contributed by atoms with van der Waals surface area (Å²) in [4.78, 5) is 22.7. The van der Waals surface area contributed by atoms with Gasteiger partial charge in [-0.15, -0.1) is 0 Å². The van der Waals surface area contributed by atoms with Gasteiger partial charge in [0, 0.05) is 18.3 Å². The van der Waals surface area contributed by atoms with E-state index < -0.39 is 6.04 Å². The zero-order chi connectivity index (χ0) is 12.0. The molecule has 1 aliphatic heterocycles. The van der Waals surface area contributed by atoms with Crippen LogP contribution in [0, 0.1) is 0 Å². The lowest BCUT2D eigenvalue weighted by atomic mass is 10.1. The first-order valence-corrected chi connectivity index (χ1v) is 6.59. The number of nitrogens with one attached hydrogen (secondary N) is 2. The number of carbonyl (C=O) groups excluding carboxylic acids is 2. The largest absolute Gasteiger partial charge is 0.350 e. The SMILES string of the molecule is CCCCC(CN)NC(=O)C1CSC(=O)N1. The second kappa shape index (κ2) is 6.75. The predicted molar refractivity (Wildman–Crippen MR) is 65.3 cm³/mol. The Hall–Kier alpha value is -0.750. The lowest BCUT2D eigenvalue weighted by molar-refractivity contribution is -0.123. The van der Waals surface area contributed by atoms with Crippen LogP contribution in [-0.2, 0) is 4.79 Å². The predicted octanol–water partition coefficient (Wildman–Crippen LogP) is 0.445. The summed E-state index contributed by atoms with van der Waals surface area (Å²) in [5, 5.41) is 5.36. The molecular formula is C10H19N3O2S. The zero-order valence-corrected chi connectivity index (χ0v) is 10.3. The summed E-state index contributed by atoms with van der Waals surface area (Å²) >= 11 is 1.14. The third-order valence-electron chi connectivity index (χ3n) is 2.53. The van der Waals surface area contributed by atoms with Gasteiger partial charge in [-0.05, 0) is 6.42 Å². The van der Waals surface area contributed by atoms with E-state index in [1.807, 2.05) is 0 Å². The molecule has 1 aliphatic rings. The van der Waals surface area contributed by atoms with Gasteiger partial charge in [-0.25, -0.2) is 0 Å². The van der Waals surface area contributed by atoms with E-state index >= 15 is 0 Å². The van der Waals surface area contributed by atoms with Crippen LogP contribution >= 0.6 is 11.8 Å². The van der Waals surface area contributed by atoms with Crippen LogP contribution < -0.4 is 16.4 Å². The quantitative estimate of drug-likeness (QED) is 0.634. The number of amides is 2. The summed E-state index contributed by atoms with van der Waals surface area (Å²) < 4.78 is 0. The first-order chi connectivity index (χ1) is 7.67. The molecule has 2 atom stereocenters. The maximum absolute atomic E-state index is 11.7. The van der Waals surface area contributed by atoms with Gasteiger partial charge in [0.05, 0.1) is 0 Å². The number of hydrogen-bond donors (Lipinski definition) is 3. The Balaban J connectivity index is 2.33. The van der Waals surface area contributed by atoms with Crippen molar-refractivity contribution in [3.63, 3.8) is 0 Å². The number of rotatable bonds is 6. The van der Waals surface area contributed by atoms with Crippen LogP contribution in [0.2, 0.25) is 0 Å². The van der Waals surface area contributed by atoms with E-state index in [4.69, 9.17) is 5.73 Å². The second-order valence-electron chi connectivity index (χ2n) is 3.88. The Bertz CT molecular complexity index is 260. The summed E-state index contributed by atoms with van der Waals surface area (Å²) in [6, 6.07) is -0.372. The van der Waals surface area contributed by atoms with Crippen LogP contribution in [0.1, 0.15) is 26.2 Å². The van der Waals surface area contributed by atoms with Crippen molar-refractivity contribution < 1.29 is 9.59 Å². The molecule has 0 aliphatic carbocycles. The molecule has 1 fully saturated rings. The Morgan fingerprint density at radius 3 is 3.00 bits per heavy atom. The molecule has 4 N–H and O–H groups in total. The van der Waals surface area contributed by atoms with Gasteiger partial charge in [0.15, 0.2) is 0 Å². The van der Waals surface area contributed by atoms with E-state index in [-0.39, 0.29) is 17.2 Å². The van der Waals surface area contributed by atoms with Crippen molar-refractivity contribution in [1.29, 1.82) is 0 Å². The smallest absolute Gasteiger partial charge is 0.279 e. The molecule has 2 unspecified atom stereocenters. The highest BCUT2D eigenvalue weighted by molar-refractivity contribution is 8.14. The number of carbonyl (C=O) groups is 2. The van der Waals surface area contributed by atoms with Crippen LogP contribution in [0.15, 0.2) is 0 Å². The number of hydrogen-bond acceptors (Lipinski definition) is 4. The van der Waals surface area contributed by atoms with Gasteiger partial charge in [-0.2, -0.15) is 0 Å². The summed E-state index contributed by atoms with van der Waals surface area (Å²) in [6.45, 7) is 2.54. The van der Waals surface area contributed by atoms with E-state index in [2.05, 4.69) is 17.6 Å². The van der Waals surface area contributed by atoms with Gasteiger partial charge in [0.2, 0.25) is 5.91 Å². The lowest BCUT2D eigenvalue weighted by Crippen LogP contribution is -2.49. The van der Waals surface area contributed by atoms with Gasteiger partial charge in [-0.1, -0.05) is 31.5 Å². The fraction of sp³-hybridized carbons (Fsp3) is 0.800. The number of thioether (sulfide) groups is 1. The van der Waals surface area contributed by atoms with Crippen molar-refractivity contribution in [2.24, 2.45) is 5.73 Å². The van der Waals surface area contributed by atoms with Gasteiger partial charge < -0.3 is 16.4 Å². The Morgan fingerprint density at radius 2 is 2.50 bits per heavy atom.